The number of ether oxygens (including phenoxy) is 1. The molecule has 0 saturated heterocycles. The molecule has 0 radical (unpaired) electrons. The predicted molar refractivity (Wildman–Crippen MR) is 133 cm³/mol. The zero-order valence-corrected chi connectivity index (χ0v) is 19.0. The molecule has 1 aliphatic rings. The molecule has 0 spiro atoms. The quantitative estimate of drug-likeness (QED) is 0.417. The van der Waals surface area contributed by atoms with Crippen LogP contribution < -0.4 is 15.4 Å². The van der Waals surface area contributed by atoms with Gasteiger partial charge in [-0.25, -0.2) is 4.68 Å². The van der Waals surface area contributed by atoms with Crippen molar-refractivity contribution < 1.29 is 9.53 Å². The maximum atomic E-state index is 13.6. The van der Waals surface area contributed by atoms with E-state index in [2.05, 4.69) is 10.6 Å². The van der Waals surface area contributed by atoms with Gasteiger partial charge in [-0.1, -0.05) is 66.7 Å². The summed E-state index contributed by atoms with van der Waals surface area (Å²) in [6, 6.07) is 26.4. The van der Waals surface area contributed by atoms with Crippen molar-refractivity contribution >= 4 is 17.5 Å². The number of allylic oxidation sites excluding steroid dienone is 1. The van der Waals surface area contributed by atoms with E-state index in [0.717, 1.165) is 16.8 Å². The number of benzene rings is 3. The van der Waals surface area contributed by atoms with E-state index in [1.807, 2.05) is 98.8 Å². The van der Waals surface area contributed by atoms with Crippen LogP contribution in [0.15, 0.2) is 96.2 Å². The minimum absolute atomic E-state index is 0.213. The van der Waals surface area contributed by atoms with E-state index < -0.39 is 6.04 Å². The Morgan fingerprint density at radius 2 is 1.68 bits per heavy atom. The molecule has 5 rings (SSSR count). The largest absolute Gasteiger partial charge is 0.494 e. The Morgan fingerprint density at radius 1 is 1.00 bits per heavy atom. The smallest absolute Gasteiger partial charge is 0.255 e. The number of aromatic nitrogens is 3. The number of para-hydroxylation sites is 2. The van der Waals surface area contributed by atoms with Gasteiger partial charge in [0.05, 0.1) is 12.2 Å². The number of anilines is 2. The fourth-order valence-electron chi connectivity index (χ4n) is 4.16. The first kappa shape index (κ1) is 21.5. The summed E-state index contributed by atoms with van der Waals surface area (Å²) in [5.41, 5.74) is 3.72. The highest BCUT2D eigenvalue weighted by Crippen LogP contribution is 2.40. The van der Waals surface area contributed by atoms with Crippen molar-refractivity contribution in [2.75, 3.05) is 17.2 Å². The van der Waals surface area contributed by atoms with Crippen molar-refractivity contribution in [3.8, 4) is 17.1 Å². The highest BCUT2D eigenvalue weighted by molar-refractivity contribution is 6.06. The standard InChI is InChI=1S/C27H25N5O2/c1-3-34-22-17-11-10-16-21(22)24-23(26(33)29-20-14-8-5-9-15-20)18(2)28-27-30-25(31-32(24)27)19-12-6-4-7-13-19/h4-17,24H,3H2,1-2H3,(H,29,33)(H,28,30,31)/t24-/m0/s1. The third-order valence-electron chi connectivity index (χ3n) is 5.67. The van der Waals surface area contributed by atoms with Crippen LogP contribution in [0, 0.1) is 0 Å². The Bertz CT molecular complexity index is 1350. The molecule has 1 amide bonds. The lowest BCUT2D eigenvalue weighted by atomic mass is 9.94. The highest BCUT2D eigenvalue weighted by Gasteiger charge is 2.36. The van der Waals surface area contributed by atoms with E-state index in [-0.39, 0.29) is 5.91 Å². The Kier molecular flexibility index (Phi) is 5.82. The molecule has 2 heterocycles. The molecule has 0 fully saturated rings. The highest BCUT2D eigenvalue weighted by atomic mass is 16.5. The van der Waals surface area contributed by atoms with Gasteiger partial charge in [0.15, 0.2) is 5.82 Å². The van der Waals surface area contributed by atoms with Crippen molar-refractivity contribution in [3.63, 3.8) is 0 Å². The summed E-state index contributed by atoms with van der Waals surface area (Å²) in [6.07, 6.45) is 0. The summed E-state index contributed by atoms with van der Waals surface area (Å²) in [6.45, 7) is 4.34. The van der Waals surface area contributed by atoms with E-state index in [1.165, 1.54) is 0 Å². The van der Waals surface area contributed by atoms with E-state index in [0.29, 0.717) is 35.4 Å². The number of nitrogens with zero attached hydrogens (tertiary/aromatic N) is 3. The molecular formula is C27H25N5O2. The fourth-order valence-corrected chi connectivity index (χ4v) is 4.16. The van der Waals surface area contributed by atoms with Crippen LogP contribution in [0.3, 0.4) is 0 Å². The van der Waals surface area contributed by atoms with Gasteiger partial charge < -0.3 is 15.4 Å². The van der Waals surface area contributed by atoms with Gasteiger partial charge in [0.2, 0.25) is 5.95 Å². The Morgan fingerprint density at radius 3 is 2.41 bits per heavy atom. The first-order valence-corrected chi connectivity index (χ1v) is 11.2. The first-order valence-electron chi connectivity index (χ1n) is 11.2. The fraction of sp³-hybridized carbons (Fsp3) is 0.148. The number of fused-ring (bicyclic) bond motifs is 1. The summed E-state index contributed by atoms with van der Waals surface area (Å²) in [5.74, 6) is 1.65. The van der Waals surface area contributed by atoms with E-state index in [1.54, 1.807) is 4.68 Å². The number of hydrogen-bond donors (Lipinski definition) is 2. The van der Waals surface area contributed by atoms with Crippen LogP contribution in [0.4, 0.5) is 11.6 Å². The molecule has 170 valence electrons. The van der Waals surface area contributed by atoms with Crippen molar-refractivity contribution in [1.82, 2.24) is 14.8 Å². The molecule has 4 aromatic rings. The zero-order valence-electron chi connectivity index (χ0n) is 19.0. The SMILES string of the molecule is CCOc1ccccc1[C@H]1C(C(=O)Nc2ccccc2)=C(C)Nc2nc(-c3ccccc3)nn21. The third-order valence-corrected chi connectivity index (χ3v) is 5.67. The molecule has 7 nitrogen and oxygen atoms in total. The number of nitrogens with one attached hydrogen (secondary N) is 2. The van der Waals surface area contributed by atoms with Gasteiger partial charge in [0, 0.05) is 22.5 Å². The average molecular weight is 452 g/mol. The lowest BCUT2D eigenvalue weighted by Crippen LogP contribution is -2.31. The molecule has 0 bridgehead atoms. The van der Waals surface area contributed by atoms with Crippen LogP contribution in [0.2, 0.25) is 0 Å². The van der Waals surface area contributed by atoms with Crippen LogP contribution in [0.5, 0.6) is 5.75 Å². The molecule has 1 aromatic heterocycles. The van der Waals surface area contributed by atoms with E-state index >= 15 is 0 Å². The van der Waals surface area contributed by atoms with Gasteiger partial charge in [-0.2, -0.15) is 4.98 Å². The zero-order chi connectivity index (χ0) is 23.5. The van der Waals surface area contributed by atoms with Crippen LogP contribution >= 0.6 is 0 Å². The minimum Gasteiger partial charge on any atom is -0.494 e. The predicted octanol–water partition coefficient (Wildman–Crippen LogP) is 5.27. The van der Waals surface area contributed by atoms with Gasteiger partial charge in [-0.15, -0.1) is 5.10 Å². The number of carbonyl (C=O) groups is 1. The number of hydrogen-bond acceptors (Lipinski definition) is 5. The summed E-state index contributed by atoms with van der Waals surface area (Å²) >= 11 is 0. The van der Waals surface area contributed by atoms with Crippen LogP contribution in [0.25, 0.3) is 11.4 Å². The molecule has 0 saturated carbocycles. The molecule has 0 aliphatic carbocycles. The van der Waals surface area contributed by atoms with E-state index in [4.69, 9.17) is 14.8 Å². The van der Waals surface area contributed by atoms with Gasteiger partial charge in [0.25, 0.3) is 5.91 Å². The lowest BCUT2D eigenvalue weighted by molar-refractivity contribution is -0.113. The Labute approximate surface area is 198 Å². The van der Waals surface area contributed by atoms with Crippen molar-refractivity contribution in [2.45, 2.75) is 19.9 Å². The van der Waals surface area contributed by atoms with Gasteiger partial charge in [0.1, 0.15) is 11.8 Å². The normalized spacial score (nSPS) is 14.8. The summed E-state index contributed by atoms with van der Waals surface area (Å²) in [5, 5.41) is 11.1. The summed E-state index contributed by atoms with van der Waals surface area (Å²) in [4.78, 5) is 18.3. The molecule has 3 aromatic carbocycles. The maximum Gasteiger partial charge on any atom is 0.255 e. The minimum atomic E-state index is -0.521. The molecule has 1 aliphatic heterocycles. The summed E-state index contributed by atoms with van der Waals surface area (Å²) in [7, 11) is 0. The average Bonchev–Trinajstić information content (AvgIpc) is 3.28. The van der Waals surface area contributed by atoms with Crippen LogP contribution in [-0.4, -0.2) is 27.3 Å². The lowest BCUT2D eigenvalue weighted by Gasteiger charge is -2.29. The Balaban J connectivity index is 1.64. The second-order valence-electron chi connectivity index (χ2n) is 7.93. The second-order valence-corrected chi connectivity index (χ2v) is 7.93. The number of carbonyl (C=O) groups excluding carboxylic acids is 1. The molecule has 7 heteroatoms. The first-order chi connectivity index (χ1) is 16.7. The van der Waals surface area contributed by atoms with Gasteiger partial charge in [-0.3, -0.25) is 4.79 Å². The number of amides is 1. The number of rotatable bonds is 6. The third kappa shape index (κ3) is 4.03. The Hall–Kier alpha value is -4.39. The van der Waals surface area contributed by atoms with Gasteiger partial charge in [-0.05, 0) is 32.0 Å². The monoisotopic (exact) mass is 451 g/mol. The molecule has 0 unspecified atom stereocenters. The van der Waals surface area contributed by atoms with Crippen LogP contribution in [0.1, 0.15) is 25.5 Å². The maximum absolute atomic E-state index is 13.6. The van der Waals surface area contributed by atoms with Crippen LogP contribution in [-0.2, 0) is 4.79 Å². The molecule has 2 N–H and O–H groups in total. The second kappa shape index (κ2) is 9.23. The van der Waals surface area contributed by atoms with E-state index in [9.17, 15) is 4.79 Å². The van der Waals surface area contributed by atoms with Crippen molar-refractivity contribution in [1.29, 1.82) is 0 Å². The van der Waals surface area contributed by atoms with Gasteiger partial charge >= 0.3 is 0 Å². The molecular weight excluding hydrogens is 426 g/mol. The van der Waals surface area contributed by atoms with Crippen molar-refractivity contribution in [2.24, 2.45) is 0 Å². The van der Waals surface area contributed by atoms with Crippen molar-refractivity contribution in [3.05, 3.63) is 102 Å². The summed E-state index contributed by atoms with van der Waals surface area (Å²) < 4.78 is 7.71. The molecule has 1 atom stereocenters. The topological polar surface area (TPSA) is 81.1 Å². The molecule has 34 heavy (non-hydrogen) atoms.